The predicted octanol–water partition coefficient (Wildman–Crippen LogP) is 2.12. The molecule has 3 rings (SSSR count). The summed E-state index contributed by atoms with van der Waals surface area (Å²) in [5, 5.41) is 7.59. The van der Waals surface area contributed by atoms with Crippen LogP contribution in [0.5, 0.6) is 0 Å². The highest BCUT2D eigenvalue weighted by atomic mass is 15.3. The van der Waals surface area contributed by atoms with Gasteiger partial charge in [0.25, 0.3) is 0 Å². The van der Waals surface area contributed by atoms with Crippen molar-refractivity contribution in [2.45, 2.75) is 38.3 Å². The highest BCUT2D eigenvalue weighted by Gasteiger charge is 2.20. The fraction of sp³-hybridized carbons (Fsp3) is 0.467. The Morgan fingerprint density at radius 1 is 1.37 bits per heavy atom. The van der Waals surface area contributed by atoms with Gasteiger partial charge in [0, 0.05) is 12.5 Å². The van der Waals surface area contributed by atoms with Crippen LogP contribution in [0.25, 0.3) is 0 Å². The standard InChI is InChI=1S/C15H20N4/c1-16-9-15-17-11-19(18-15)10-13-7-4-6-12-5-2-3-8-14(12)13/h2-3,5,8,11,13,16H,4,6-7,9-10H2,1H3. The van der Waals surface area contributed by atoms with Gasteiger partial charge < -0.3 is 5.32 Å². The van der Waals surface area contributed by atoms with Gasteiger partial charge in [0.05, 0.1) is 6.54 Å². The maximum Gasteiger partial charge on any atom is 0.164 e. The normalized spacial score (nSPS) is 18.3. The molecular weight excluding hydrogens is 236 g/mol. The Morgan fingerprint density at radius 3 is 3.16 bits per heavy atom. The number of hydrogen-bond donors (Lipinski definition) is 1. The number of aryl methyl sites for hydroxylation is 1. The molecule has 0 spiro atoms. The van der Waals surface area contributed by atoms with Crippen LogP contribution in [0.3, 0.4) is 0 Å². The van der Waals surface area contributed by atoms with E-state index in [2.05, 4.69) is 39.7 Å². The van der Waals surface area contributed by atoms with Gasteiger partial charge in [0.15, 0.2) is 5.82 Å². The molecule has 4 heteroatoms. The van der Waals surface area contributed by atoms with Gasteiger partial charge in [0.1, 0.15) is 6.33 Å². The summed E-state index contributed by atoms with van der Waals surface area (Å²) in [5.74, 6) is 1.45. The molecule has 1 aromatic heterocycles. The minimum Gasteiger partial charge on any atom is -0.313 e. The van der Waals surface area contributed by atoms with Gasteiger partial charge in [-0.25, -0.2) is 4.98 Å². The van der Waals surface area contributed by atoms with Crippen LogP contribution in [0.2, 0.25) is 0 Å². The molecule has 0 fully saturated rings. The van der Waals surface area contributed by atoms with Crippen molar-refractivity contribution in [3.63, 3.8) is 0 Å². The van der Waals surface area contributed by atoms with E-state index in [1.807, 2.05) is 18.1 Å². The minimum absolute atomic E-state index is 0.578. The number of nitrogens with zero attached hydrogens (tertiary/aromatic N) is 3. The highest BCUT2D eigenvalue weighted by molar-refractivity contribution is 5.32. The molecule has 0 bridgehead atoms. The zero-order valence-electron chi connectivity index (χ0n) is 11.3. The van der Waals surface area contributed by atoms with E-state index in [4.69, 9.17) is 0 Å². The maximum absolute atomic E-state index is 4.51. The van der Waals surface area contributed by atoms with Gasteiger partial charge in [-0.05, 0) is 37.4 Å². The summed E-state index contributed by atoms with van der Waals surface area (Å²) in [7, 11) is 1.91. The minimum atomic E-state index is 0.578. The quantitative estimate of drug-likeness (QED) is 0.911. The second-order valence-corrected chi connectivity index (χ2v) is 5.20. The molecule has 0 amide bonds. The van der Waals surface area contributed by atoms with E-state index in [9.17, 15) is 0 Å². The average molecular weight is 256 g/mol. The Kier molecular flexibility index (Phi) is 3.60. The zero-order valence-corrected chi connectivity index (χ0v) is 11.3. The molecule has 1 N–H and O–H groups in total. The fourth-order valence-electron chi connectivity index (χ4n) is 2.93. The van der Waals surface area contributed by atoms with Crippen molar-refractivity contribution in [2.75, 3.05) is 7.05 Å². The van der Waals surface area contributed by atoms with Crippen LogP contribution in [-0.4, -0.2) is 21.8 Å². The predicted molar refractivity (Wildman–Crippen MR) is 74.9 cm³/mol. The van der Waals surface area contributed by atoms with Crippen LogP contribution in [-0.2, 0) is 19.5 Å². The molecule has 0 saturated heterocycles. The van der Waals surface area contributed by atoms with Crippen molar-refractivity contribution in [3.05, 3.63) is 47.5 Å². The molecular formula is C15H20N4. The molecule has 19 heavy (non-hydrogen) atoms. The molecule has 1 unspecified atom stereocenters. The first-order valence-electron chi connectivity index (χ1n) is 6.97. The third kappa shape index (κ3) is 2.68. The van der Waals surface area contributed by atoms with E-state index in [0.29, 0.717) is 5.92 Å². The van der Waals surface area contributed by atoms with E-state index in [1.165, 1.54) is 30.4 Å². The smallest absolute Gasteiger partial charge is 0.164 e. The van der Waals surface area contributed by atoms with Gasteiger partial charge in [-0.2, -0.15) is 5.10 Å². The first-order chi connectivity index (χ1) is 9.36. The lowest BCUT2D eigenvalue weighted by Crippen LogP contribution is -2.16. The number of aromatic nitrogens is 3. The van der Waals surface area contributed by atoms with Crippen LogP contribution in [0.1, 0.15) is 35.7 Å². The average Bonchev–Trinajstić information content (AvgIpc) is 2.87. The molecule has 1 heterocycles. The first kappa shape index (κ1) is 12.4. The maximum atomic E-state index is 4.51. The van der Waals surface area contributed by atoms with Crippen LogP contribution in [0.4, 0.5) is 0 Å². The van der Waals surface area contributed by atoms with E-state index in [1.54, 1.807) is 0 Å². The summed E-state index contributed by atoms with van der Waals surface area (Å²) in [6.45, 7) is 1.67. The lowest BCUT2D eigenvalue weighted by molar-refractivity contribution is 0.454. The Bertz CT molecular complexity index is 547. The first-order valence-corrected chi connectivity index (χ1v) is 6.97. The largest absolute Gasteiger partial charge is 0.313 e. The summed E-state index contributed by atoms with van der Waals surface area (Å²) in [5.41, 5.74) is 3.01. The van der Waals surface area contributed by atoms with Crippen molar-refractivity contribution >= 4 is 0 Å². The van der Waals surface area contributed by atoms with Crippen LogP contribution >= 0.6 is 0 Å². The van der Waals surface area contributed by atoms with Gasteiger partial charge in [-0.3, -0.25) is 4.68 Å². The van der Waals surface area contributed by atoms with Crippen LogP contribution in [0.15, 0.2) is 30.6 Å². The summed E-state index contributed by atoms with van der Waals surface area (Å²) >= 11 is 0. The van der Waals surface area contributed by atoms with Crippen molar-refractivity contribution in [3.8, 4) is 0 Å². The lowest BCUT2D eigenvalue weighted by atomic mass is 9.83. The van der Waals surface area contributed by atoms with Gasteiger partial charge in [-0.1, -0.05) is 24.3 Å². The second kappa shape index (κ2) is 5.53. The highest BCUT2D eigenvalue weighted by Crippen LogP contribution is 2.32. The van der Waals surface area contributed by atoms with E-state index in [0.717, 1.165) is 18.9 Å². The molecule has 0 saturated carbocycles. The van der Waals surface area contributed by atoms with Crippen molar-refractivity contribution in [1.29, 1.82) is 0 Å². The van der Waals surface area contributed by atoms with E-state index >= 15 is 0 Å². The van der Waals surface area contributed by atoms with Gasteiger partial charge >= 0.3 is 0 Å². The summed E-state index contributed by atoms with van der Waals surface area (Å²) in [6.07, 6.45) is 5.59. The number of rotatable bonds is 4. The second-order valence-electron chi connectivity index (χ2n) is 5.20. The number of benzene rings is 1. The number of nitrogens with one attached hydrogen (secondary N) is 1. The number of fused-ring (bicyclic) bond motifs is 1. The SMILES string of the molecule is CNCc1ncn(CC2CCCc3ccccc32)n1. The molecule has 1 aliphatic carbocycles. The molecule has 1 atom stereocenters. The third-order valence-electron chi connectivity index (χ3n) is 3.82. The summed E-state index contributed by atoms with van der Waals surface area (Å²) < 4.78 is 1.99. The molecule has 0 radical (unpaired) electrons. The van der Waals surface area contributed by atoms with Crippen LogP contribution < -0.4 is 5.32 Å². The van der Waals surface area contributed by atoms with Crippen molar-refractivity contribution < 1.29 is 0 Å². The van der Waals surface area contributed by atoms with Gasteiger partial charge in [-0.15, -0.1) is 0 Å². The molecule has 4 nitrogen and oxygen atoms in total. The van der Waals surface area contributed by atoms with E-state index < -0.39 is 0 Å². The molecule has 100 valence electrons. The molecule has 1 aromatic carbocycles. The van der Waals surface area contributed by atoms with E-state index in [-0.39, 0.29) is 0 Å². The zero-order chi connectivity index (χ0) is 13.1. The van der Waals surface area contributed by atoms with Crippen molar-refractivity contribution in [1.82, 2.24) is 20.1 Å². The topological polar surface area (TPSA) is 42.7 Å². The number of hydrogen-bond acceptors (Lipinski definition) is 3. The fourth-order valence-corrected chi connectivity index (χ4v) is 2.93. The molecule has 0 aliphatic heterocycles. The molecule has 2 aromatic rings. The molecule has 1 aliphatic rings. The monoisotopic (exact) mass is 256 g/mol. The lowest BCUT2D eigenvalue weighted by Gasteiger charge is -2.25. The Morgan fingerprint density at radius 2 is 2.26 bits per heavy atom. The Hall–Kier alpha value is -1.68. The van der Waals surface area contributed by atoms with Crippen molar-refractivity contribution in [2.24, 2.45) is 0 Å². The Labute approximate surface area is 113 Å². The Balaban J connectivity index is 1.76. The summed E-state index contributed by atoms with van der Waals surface area (Å²) in [6, 6.07) is 8.81. The van der Waals surface area contributed by atoms with Crippen LogP contribution in [0, 0.1) is 0 Å². The third-order valence-corrected chi connectivity index (χ3v) is 3.82. The summed E-state index contributed by atoms with van der Waals surface area (Å²) in [4.78, 5) is 4.32. The van der Waals surface area contributed by atoms with Gasteiger partial charge in [0.2, 0.25) is 0 Å².